The molecule has 4 heteroatoms. The molecule has 1 unspecified atom stereocenters. The highest BCUT2D eigenvalue weighted by atomic mass is 16.5. The van der Waals surface area contributed by atoms with Gasteiger partial charge in [0.15, 0.2) is 0 Å². The first-order valence-electron chi connectivity index (χ1n) is 6.65. The summed E-state index contributed by atoms with van der Waals surface area (Å²) in [5.41, 5.74) is 1.72. The zero-order valence-electron chi connectivity index (χ0n) is 10.9. The van der Waals surface area contributed by atoms with Crippen LogP contribution in [0.5, 0.6) is 0 Å². The molecular weight excluding hydrogens is 240 g/mol. The Morgan fingerprint density at radius 3 is 2.79 bits per heavy atom. The molecule has 2 rings (SSSR count). The van der Waals surface area contributed by atoms with E-state index in [1.54, 1.807) is 0 Å². The summed E-state index contributed by atoms with van der Waals surface area (Å²) in [5.74, 6) is -0.0140. The molecule has 1 atom stereocenters. The summed E-state index contributed by atoms with van der Waals surface area (Å²) in [6, 6.07) is 9.46. The standard InChI is InChI=1S/C15H18N2O2/c16-9-8-12-4-6-13(7-5-12)17-15(18)11-14-3-1-2-10-19-14/h4-7,14H,1-3,8,10-11H2,(H,17,18). The Balaban J connectivity index is 1.82. The highest BCUT2D eigenvalue weighted by Crippen LogP contribution is 2.17. The third kappa shape index (κ3) is 4.38. The zero-order chi connectivity index (χ0) is 13.5. The normalized spacial score (nSPS) is 18.6. The first-order chi connectivity index (χ1) is 9.28. The van der Waals surface area contributed by atoms with Crippen LogP contribution in [0.25, 0.3) is 0 Å². The number of nitriles is 1. The molecule has 0 spiro atoms. The molecule has 0 aromatic heterocycles. The van der Waals surface area contributed by atoms with Crippen LogP contribution in [-0.4, -0.2) is 18.6 Å². The number of carbonyl (C=O) groups is 1. The van der Waals surface area contributed by atoms with Crippen LogP contribution in [0.1, 0.15) is 31.2 Å². The van der Waals surface area contributed by atoms with Gasteiger partial charge in [-0.2, -0.15) is 5.26 Å². The molecule has 1 N–H and O–H groups in total. The number of hydrogen-bond acceptors (Lipinski definition) is 3. The van der Waals surface area contributed by atoms with E-state index in [1.807, 2.05) is 24.3 Å². The van der Waals surface area contributed by atoms with Gasteiger partial charge in [-0.25, -0.2) is 0 Å². The Labute approximate surface area is 113 Å². The fourth-order valence-electron chi connectivity index (χ4n) is 2.18. The van der Waals surface area contributed by atoms with Crippen molar-refractivity contribution in [2.75, 3.05) is 11.9 Å². The van der Waals surface area contributed by atoms with Crippen LogP contribution in [0.4, 0.5) is 5.69 Å². The van der Waals surface area contributed by atoms with Crippen molar-refractivity contribution in [3.8, 4) is 6.07 Å². The number of nitrogens with zero attached hydrogens (tertiary/aromatic N) is 1. The maximum atomic E-state index is 11.8. The van der Waals surface area contributed by atoms with Gasteiger partial charge in [0.25, 0.3) is 0 Å². The molecule has 0 aliphatic carbocycles. The average molecular weight is 258 g/mol. The first kappa shape index (κ1) is 13.6. The molecule has 1 heterocycles. The van der Waals surface area contributed by atoms with Crippen molar-refractivity contribution in [2.24, 2.45) is 0 Å². The molecule has 0 saturated carbocycles. The monoisotopic (exact) mass is 258 g/mol. The lowest BCUT2D eigenvalue weighted by molar-refractivity contribution is -0.119. The van der Waals surface area contributed by atoms with E-state index < -0.39 is 0 Å². The fraction of sp³-hybridized carbons (Fsp3) is 0.467. The molecule has 0 radical (unpaired) electrons. The summed E-state index contributed by atoms with van der Waals surface area (Å²) in [7, 11) is 0. The SMILES string of the molecule is N#CCc1ccc(NC(=O)CC2CCCCO2)cc1. The van der Waals surface area contributed by atoms with Crippen molar-refractivity contribution in [1.29, 1.82) is 5.26 Å². The lowest BCUT2D eigenvalue weighted by atomic mass is 10.1. The molecule has 100 valence electrons. The third-order valence-corrected chi connectivity index (χ3v) is 3.21. The quantitative estimate of drug-likeness (QED) is 0.903. The van der Waals surface area contributed by atoms with Crippen LogP contribution in [0.2, 0.25) is 0 Å². The van der Waals surface area contributed by atoms with Crippen molar-refractivity contribution in [3.63, 3.8) is 0 Å². The lowest BCUT2D eigenvalue weighted by Crippen LogP contribution is -2.25. The van der Waals surface area contributed by atoms with E-state index in [9.17, 15) is 4.79 Å². The largest absolute Gasteiger partial charge is 0.378 e. The fourth-order valence-corrected chi connectivity index (χ4v) is 2.18. The molecule has 1 fully saturated rings. The molecule has 0 bridgehead atoms. The van der Waals surface area contributed by atoms with Gasteiger partial charge in [0.2, 0.25) is 5.91 Å². The third-order valence-electron chi connectivity index (χ3n) is 3.21. The first-order valence-corrected chi connectivity index (χ1v) is 6.65. The Kier molecular flexibility index (Phi) is 4.93. The number of hydrogen-bond donors (Lipinski definition) is 1. The summed E-state index contributed by atoms with van der Waals surface area (Å²) in [6.07, 6.45) is 4.07. The molecule has 1 aliphatic heterocycles. The number of anilines is 1. The highest BCUT2D eigenvalue weighted by molar-refractivity contribution is 5.91. The second-order valence-electron chi connectivity index (χ2n) is 4.77. The van der Waals surface area contributed by atoms with Gasteiger partial charge in [-0.3, -0.25) is 4.79 Å². The minimum absolute atomic E-state index is 0.0140. The Morgan fingerprint density at radius 2 is 2.16 bits per heavy atom. The van der Waals surface area contributed by atoms with Gasteiger partial charge in [-0.1, -0.05) is 12.1 Å². The summed E-state index contributed by atoms with van der Waals surface area (Å²) in [5, 5.41) is 11.4. The van der Waals surface area contributed by atoms with Crippen LogP contribution >= 0.6 is 0 Å². The van der Waals surface area contributed by atoms with E-state index in [4.69, 9.17) is 10.00 Å². The maximum absolute atomic E-state index is 11.8. The second-order valence-corrected chi connectivity index (χ2v) is 4.77. The van der Waals surface area contributed by atoms with Gasteiger partial charge >= 0.3 is 0 Å². The second kappa shape index (κ2) is 6.91. The zero-order valence-corrected chi connectivity index (χ0v) is 10.9. The molecule has 1 amide bonds. The van der Waals surface area contributed by atoms with Crippen molar-refractivity contribution in [3.05, 3.63) is 29.8 Å². The summed E-state index contributed by atoms with van der Waals surface area (Å²) >= 11 is 0. The minimum Gasteiger partial charge on any atom is -0.378 e. The minimum atomic E-state index is -0.0140. The van der Waals surface area contributed by atoms with Gasteiger partial charge in [-0.05, 0) is 37.0 Å². The lowest BCUT2D eigenvalue weighted by Gasteiger charge is -2.21. The van der Waals surface area contributed by atoms with Crippen molar-refractivity contribution in [2.45, 2.75) is 38.2 Å². The highest BCUT2D eigenvalue weighted by Gasteiger charge is 2.17. The number of carbonyl (C=O) groups excluding carboxylic acids is 1. The number of nitrogens with one attached hydrogen (secondary N) is 1. The van der Waals surface area contributed by atoms with Crippen LogP contribution in [0.15, 0.2) is 24.3 Å². The maximum Gasteiger partial charge on any atom is 0.226 e. The molecular formula is C15H18N2O2. The van der Waals surface area contributed by atoms with Gasteiger partial charge in [0, 0.05) is 12.3 Å². The van der Waals surface area contributed by atoms with E-state index in [2.05, 4.69) is 11.4 Å². The van der Waals surface area contributed by atoms with Crippen molar-refractivity contribution in [1.82, 2.24) is 0 Å². The molecule has 4 nitrogen and oxygen atoms in total. The number of amides is 1. The van der Waals surface area contributed by atoms with E-state index in [-0.39, 0.29) is 12.0 Å². The van der Waals surface area contributed by atoms with E-state index in [1.165, 1.54) is 0 Å². The van der Waals surface area contributed by atoms with Crippen molar-refractivity contribution < 1.29 is 9.53 Å². The van der Waals surface area contributed by atoms with Gasteiger partial charge < -0.3 is 10.1 Å². The van der Waals surface area contributed by atoms with E-state index >= 15 is 0 Å². The summed E-state index contributed by atoms with van der Waals surface area (Å²) in [6.45, 7) is 0.765. The molecule has 1 saturated heterocycles. The molecule has 1 aromatic carbocycles. The predicted octanol–water partition coefficient (Wildman–Crippen LogP) is 2.65. The topological polar surface area (TPSA) is 62.1 Å². The molecule has 1 aromatic rings. The average Bonchev–Trinajstić information content (AvgIpc) is 2.42. The van der Waals surface area contributed by atoms with Crippen LogP contribution in [0, 0.1) is 11.3 Å². The van der Waals surface area contributed by atoms with Crippen LogP contribution in [0.3, 0.4) is 0 Å². The Morgan fingerprint density at radius 1 is 1.37 bits per heavy atom. The van der Waals surface area contributed by atoms with E-state index in [0.717, 1.165) is 37.1 Å². The smallest absolute Gasteiger partial charge is 0.226 e. The van der Waals surface area contributed by atoms with Crippen LogP contribution in [-0.2, 0) is 16.0 Å². The predicted molar refractivity (Wildman–Crippen MR) is 72.6 cm³/mol. The number of ether oxygens (including phenoxy) is 1. The van der Waals surface area contributed by atoms with Gasteiger partial charge in [-0.15, -0.1) is 0 Å². The van der Waals surface area contributed by atoms with E-state index in [0.29, 0.717) is 12.8 Å². The van der Waals surface area contributed by atoms with Gasteiger partial charge in [0.1, 0.15) is 0 Å². The molecule has 1 aliphatic rings. The number of rotatable bonds is 4. The number of benzene rings is 1. The molecule has 19 heavy (non-hydrogen) atoms. The van der Waals surface area contributed by atoms with Gasteiger partial charge in [0.05, 0.1) is 25.0 Å². The van der Waals surface area contributed by atoms with Crippen LogP contribution < -0.4 is 5.32 Å². The summed E-state index contributed by atoms with van der Waals surface area (Å²) < 4.78 is 5.54. The summed E-state index contributed by atoms with van der Waals surface area (Å²) in [4.78, 5) is 11.8. The Hall–Kier alpha value is -1.86. The Bertz CT molecular complexity index is 456. The van der Waals surface area contributed by atoms with Crippen molar-refractivity contribution >= 4 is 11.6 Å².